The highest BCUT2D eigenvalue weighted by Crippen LogP contribution is 2.36. The second-order valence-electron chi connectivity index (χ2n) is 8.75. The fourth-order valence-corrected chi connectivity index (χ4v) is 6.37. The van der Waals surface area contributed by atoms with Crippen molar-refractivity contribution < 1.29 is 22.7 Å². The van der Waals surface area contributed by atoms with E-state index in [9.17, 15) is 18.0 Å². The van der Waals surface area contributed by atoms with Crippen LogP contribution < -0.4 is 9.64 Å². The molecule has 0 aromatic heterocycles. The summed E-state index contributed by atoms with van der Waals surface area (Å²) in [6.07, 6.45) is 2.94. The molecule has 0 saturated carbocycles. The fourth-order valence-electron chi connectivity index (χ4n) is 4.67. The smallest absolute Gasteiger partial charge is 0.265 e. The summed E-state index contributed by atoms with van der Waals surface area (Å²) in [5, 5.41) is 0. The highest BCUT2D eigenvalue weighted by molar-refractivity contribution is 7.89. The first-order valence-electron chi connectivity index (χ1n) is 10.6. The summed E-state index contributed by atoms with van der Waals surface area (Å²) in [7, 11) is -3.70. The van der Waals surface area contributed by atoms with E-state index in [4.69, 9.17) is 4.74 Å². The number of sulfonamides is 1. The fraction of sp³-hybridized carbons (Fsp3) is 0.619. The van der Waals surface area contributed by atoms with E-state index in [1.165, 1.54) is 21.3 Å². The molecular weight excluding hydrogens is 406 g/mol. The second-order valence-corrected chi connectivity index (χ2v) is 10.7. The standard InChI is InChI=1S/C21H29N3O5S/c1-15-9-16(2)12-23(11-15)30(27,28)17-5-6-19-18(10-17)24(21(26)14-29-19)13-20(25)22-7-3-4-8-22/h5-6,10,15-16H,3-4,7-9,11-14H2,1-2H3/t15-,16-/m1/s1. The van der Waals surface area contributed by atoms with Gasteiger partial charge in [-0.15, -0.1) is 0 Å². The Hall–Kier alpha value is -2.13. The highest BCUT2D eigenvalue weighted by atomic mass is 32.2. The van der Waals surface area contributed by atoms with Gasteiger partial charge in [-0.1, -0.05) is 13.8 Å². The molecule has 0 aliphatic carbocycles. The van der Waals surface area contributed by atoms with Gasteiger partial charge >= 0.3 is 0 Å². The lowest BCUT2D eigenvalue weighted by molar-refractivity contribution is -0.131. The molecule has 2 saturated heterocycles. The Morgan fingerprint density at radius 2 is 1.80 bits per heavy atom. The Balaban J connectivity index is 1.63. The summed E-state index contributed by atoms with van der Waals surface area (Å²) in [5.41, 5.74) is 0.345. The summed E-state index contributed by atoms with van der Waals surface area (Å²) < 4.78 is 33.6. The largest absolute Gasteiger partial charge is 0.482 e. The number of carbonyl (C=O) groups is 2. The molecule has 1 aromatic rings. The van der Waals surface area contributed by atoms with Gasteiger partial charge in [-0.25, -0.2) is 8.42 Å². The Kier molecular flexibility index (Phi) is 5.76. The van der Waals surface area contributed by atoms with Gasteiger partial charge in [0, 0.05) is 26.2 Å². The van der Waals surface area contributed by atoms with Crippen molar-refractivity contribution in [1.29, 1.82) is 0 Å². The van der Waals surface area contributed by atoms with Crippen LogP contribution in [0.25, 0.3) is 0 Å². The molecule has 4 rings (SSSR count). The van der Waals surface area contributed by atoms with Gasteiger partial charge in [-0.3, -0.25) is 14.5 Å². The molecule has 8 nitrogen and oxygen atoms in total. The number of anilines is 1. The average Bonchev–Trinajstić information content (AvgIpc) is 3.24. The number of ether oxygens (including phenoxy) is 1. The van der Waals surface area contributed by atoms with Crippen LogP contribution in [0, 0.1) is 11.8 Å². The van der Waals surface area contributed by atoms with Crippen LogP contribution in [-0.4, -0.2) is 68.8 Å². The molecule has 9 heteroatoms. The van der Waals surface area contributed by atoms with E-state index in [0.717, 1.165) is 19.3 Å². The van der Waals surface area contributed by atoms with Gasteiger partial charge in [0.2, 0.25) is 15.9 Å². The topological polar surface area (TPSA) is 87.2 Å². The van der Waals surface area contributed by atoms with Gasteiger partial charge < -0.3 is 9.64 Å². The lowest BCUT2D eigenvalue weighted by Crippen LogP contribution is -2.46. The average molecular weight is 436 g/mol. The Morgan fingerprint density at radius 3 is 2.47 bits per heavy atom. The van der Waals surface area contributed by atoms with Gasteiger partial charge in [-0.05, 0) is 49.3 Å². The molecule has 0 spiro atoms. The van der Waals surface area contributed by atoms with Crippen molar-refractivity contribution in [3.8, 4) is 5.75 Å². The maximum absolute atomic E-state index is 13.3. The Morgan fingerprint density at radius 1 is 1.13 bits per heavy atom. The summed E-state index contributed by atoms with van der Waals surface area (Å²) in [4.78, 5) is 28.4. The number of piperidine rings is 1. The molecule has 1 aromatic carbocycles. The molecule has 2 atom stereocenters. The molecule has 2 fully saturated rings. The first-order valence-corrected chi connectivity index (χ1v) is 12.0. The van der Waals surface area contributed by atoms with Crippen molar-refractivity contribution in [1.82, 2.24) is 9.21 Å². The third-order valence-corrected chi connectivity index (χ3v) is 7.93. The van der Waals surface area contributed by atoms with E-state index in [1.807, 2.05) is 0 Å². The lowest BCUT2D eigenvalue weighted by Gasteiger charge is -2.34. The summed E-state index contributed by atoms with van der Waals surface area (Å²) in [6.45, 7) is 6.22. The minimum atomic E-state index is -3.70. The van der Waals surface area contributed by atoms with Gasteiger partial charge in [0.1, 0.15) is 12.3 Å². The summed E-state index contributed by atoms with van der Waals surface area (Å²) in [5.74, 6) is 0.537. The molecule has 0 unspecified atom stereocenters. The lowest BCUT2D eigenvalue weighted by atomic mass is 9.94. The molecule has 0 bridgehead atoms. The summed E-state index contributed by atoms with van der Waals surface area (Å²) in [6, 6.07) is 4.58. The van der Waals surface area contributed by atoms with Crippen molar-refractivity contribution in [3.05, 3.63) is 18.2 Å². The number of hydrogen-bond donors (Lipinski definition) is 0. The molecule has 30 heavy (non-hydrogen) atoms. The molecule has 3 aliphatic heterocycles. The Bertz CT molecular complexity index is 932. The van der Waals surface area contributed by atoms with Crippen LogP contribution in [0.4, 0.5) is 5.69 Å². The van der Waals surface area contributed by atoms with Gasteiger partial charge in [-0.2, -0.15) is 4.31 Å². The molecule has 3 heterocycles. The minimum Gasteiger partial charge on any atom is -0.482 e. The predicted octanol–water partition coefficient (Wildman–Crippen LogP) is 1.70. The van der Waals surface area contributed by atoms with E-state index in [0.29, 0.717) is 49.5 Å². The van der Waals surface area contributed by atoms with Crippen molar-refractivity contribution in [2.75, 3.05) is 44.2 Å². The minimum absolute atomic E-state index is 0.101. The zero-order valence-corrected chi connectivity index (χ0v) is 18.4. The number of fused-ring (bicyclic) bond motifs is 1. The second kappa shape index (κ2) is 8.19. The van der Waals surface area contributed by atoms with Gasteiger partial charge in [0.15, 0.2) is 6.61 Å². The van der Waals surface area contributed by atoms with Crippen LogP contribution >= 0.6 is 0 Å². The quantitative estimate of drug-likeness (QED) is 0.718. The highest BCUT2D eigenvalue weighted by Gasteiger charge is 2.35. The predicted molar refractivity (Wildman–Crippen MR) is 112 cm³/mol. The van der Waals surface area contributed by atoms with Crippen LogP contribution in [0.3, 0.4) is 0 Å². The molecular formula is C21H29N3O5S. The van der Waals surface area contributed by atoms with Crippen molar-refractivity contribution >= 4 is 27.5 Å². The van der Waals surface area contributed by atoms with Crippen LogP contribution in [0.15, 0.2) is 23.1 Å². The van der Waals surface area contributed by atoms with E-state index < -0.39 is 10.0 Å². The number of likely N-dealkylation sites (tertiary alicyclic amines) is 1. The number of amides is 2. The van der Waals surface area contributed by atoms with Crippen LogP contribution in [0.5, 0.6) is 5.75 Å². The first-order chi connectivity index (χ1) is 14.3. The third kappa shape index (κ3) is 4.05. The van der Waals surface area contributed by atoms with Gasteiger partial charge in [0.05, 0.1) is 10.6 Å². The number of nitrogens with zero attached hydrogens (tertiary/aromatic N) is 3. The monoisotopic (exact) mass is 435 g/mol. The number of carbonyl (C=O) groups excluding carboxylic acids is 2. The van der Waals surface area contributed by atoms with Crippen molar-refractivity contribution in [3.63, 3.8) is 0 Å². The van der Waals surface area contributed by atoms with E-state index >= 15 is 0 Å². The van der Waals surface area contributed by atoms with E-state index in [1.54, 1.807) is 11.0 Å². The van der Waals surface area contributed by atoms with Crippen LogP contribution in [-0.2, 0) is 19.6 Å². The van der Waals surface area contributed by atoms with Crippen molar-refractivity contribution in [2.45, 2.75) is 38.0 Å². The van der Waals surface area contributed by atoms with Crippen molar-refractivity contribution in [2.24, 2.45) is 11.8 Å². The zero-order chi connectivity index (χ0) is 21.5. The molecule has 3 aliphatic rings. The molecule has 0 N–H and O–H groups in total. The molecule has 164 valence electrons. The third-order valence-electron chi connectivity index (χ3n) is 6.10. The SMILES string of the molecule is C[C@@H]1C[C@@H](C)CN(S(=O)(=O)c2ccc3c(c2)N(CC(=O)N2CCCC2)C(=O)CO3)C1. The normalized spacial score (nSPS) is 25.2. The zero-order valence-electron chi connectivity index (χ0n) is 17.5. The molecule has 0 radical (unpaired) electrons. The van der Waals surface area contributed by atoms with Gasteiger partial charge in [0.25, 0.3) is 5.91 Å². The first kappa shape index (κ1) is 21.1. The van der Waals surface area contributed by atoms with E-state index in [2.05, 4.69) is 13.8 Å². The maximum Gasteiger partial charge on any atom is 0.265 e. The Labute approximate surface area is 177 Å². The van der Waals surface area contributed by atoms with E-state index in [-0.39, 0.29) is 29.9 Å². The number of rotatable bonds is 4. The van der Waals surface area contributed by atoms with Crippen LogP contribution in [0.1, 0.15) is 33.1 Å². The number of benzene rings is 1. The maximum atomic E-state index is 13.3. The number of hydrogen-bond acceptors (Lipinski definition) is 5. The van der Waals surface area contributed by atoms with Crippen LogP contribution in [0.2, 0.25) is 0 Å². The molecule has 2 amide bonds. The summed E-state index contributed by atoms with van der Waals surface area (Å²) >= 11 is 0.